The monoisotopic (exact) mass is 183 g/mol. The number of hydrogen-bond acceptors (Lipinski definition) is 0. The predicted molar refractivity (Wildman–Crippen MR) is 61.7 cm³/mol. The summed E-state index contributed by atoms with van der Waals surface area (Å²) < 4.78 is 0. The average molecular weight is 183 g/mol. The number of rotatable bonds is 8. The molecule has 0 aliphatic heterocycles. The summed E-state index contributed by atoms with van der Waals surface area (Å²) in [6.45, 7) is 9.29. The van der Waals surface area contributed by atoms with Crippen LogP contribution in [-0.2, 0) is 0 Å². The van der Waals surface area contributed by atoms with E-state index >= 15 is 0 Å². The molecule has 0 unspecified atom stereocenters. The quantitative estimate of drug-likeness (QED) is 0.465. The fourth-order valence-corrected chi connectivity index (χ4v) is 1.35. The van der Waals surface area contributed by atoms with Gasteiger partial charge in [0.1, 0.15) is 0 Å². The van der Waals surface area contributed by atoms with E-state index < -0.39 is 0 Å². The molecule has 1 radical (unpaired) electrons. The van der Waals surface area contributed by atoms with E-state index in [9.17, 15) is 0 Å². The third kappa shape index (κ3) is 8.33. The Labute approximate surface area is 85.1 Å². The molecule has 0 atom stereocenters. The second kappa shape index (κ2) is 7.41. The van der Waals surface area contributed by atoms with Gasteiger partial charge in [-0.05, 0) is 24.7 Å². The number of unbranched alkanes of at least 4 members (excludes halogenated alkanes) is 5. The molecular formula is C13H27. The Kier molecular flexibility index (Phi) is 7.41. The Morgan fingerprint density at radius 3 is 2.23 bits per heavy atom. The van der Waals surface area contributed by atoms with E-state index in [1.807, 2.05) is 0 Å². The van der Waals surface area contributed by atoms with E-state index in [0.29, 0.717) is 5.41 Å². The standard InChI is InChI=1S/C13H27/c1-5-7-8-9-10-11-12-13(3,4)6-2/h10H,5-9,11-12H2,1-4H3. The minimum absolute atomic E-state index is 0.557. The molecule has 13 heavy (non-hydrogen) atoms. The lowest BCUT2D eigenvalue weighted by Gasteiger charge is -2.21. The maximum Gasteiger partial charge on any atom is -0.0357 e. The molecule has 0 bridgehead atoms. The molecule has 0 aromatic heterocycles. The van der Waals surface area contributed by atoms with Gasteiger partial charge >= 0.3 is 0 Å². The third-order valence-corrected chi connectivity index (χ3v) is 2.99. The van der Waals surface area contributed by atoms with Crippen molar-refractivity contribution in [2.24, 2.45) is 5.41 Å². The van der Waals surface area contributed by atoms with Crippen LogP contribution in [0, 0.1) is 11.8 Å². The molecular weight excluding hydrogens is 156 g/mol. The first kappa shape index (κ1) is 13.0. The Morgan fingerprint density at radius 1 is 1.00 bits per heavy atom. The zero-order valence-electron chi connectivity index (χ0n) is 10.0. The lowest BCUT2D eigenvalue weighted by atomic mass is 9.84. The molecule has 0 amide bonds. The van der Waals surface area contributed by atoms with Gasteiger partial charge in [0, 0.05) is 0 Å². The lowest BCUT2D eigenvalue weighted by Crippen LogP contribution is -2.08. The summed E-state index contributed by atoms with van der Waals surface area (Å²) in [5.41, 5.74) is 0.557. The largest absolute Gasteiger partial charge is 0.0654 e. The van der Waals surface area contributed by atoms with E-state index in [1.165, 1.54) is 44.9 Å². The van der Waals surface area contributed by atoms with Crippen LogP contribution in [0.2, 0.25) is 0 Å². The summed E-state index contributed by atoms with van der Waals surface area (Å²) in [6, 6.07) is 0. The molecule has 0 aromatic rings. The van der Waals surface area contributed by atoms with Crippen LogP contribution in [0.1, 0.15) is 72.6 Å². The Hall–Kier alpha value is 0. The van der Waals surface area contributed by atoms with Crippen molar-refractivity contribution in [2.75, 3.05) is 0 Å². The molecule has 0 aliphatic carbocycles. The fourth-order valence-electron chi connectivity index (χ4n) is 1.35. The fraction of sp³-hybridized carbons (Fsp3) is 0.923. The normalized spacial score (nSPS) is 12.0. The van der Waals surface area contributed by atoms with Crippen molar-refractivity contribution in [3.05, 3.63) is 6.42 Å². The highest BCUT2D eigenvalue weighted by atomic mass is 14.2. The molecule has 0 rings (SSSR count). The summed E-state index contributed by atoms with van der Waals surface area (Å²) in [5.74, 6) is 0. The van der Waals surface area contributed by atoms with Crippen LogP contribution in [0.4, 0.5) is 0 Å². The van der Waals surface area contributed by atoms with E-state index in [-0.39, 0.29) is 0 Å². The molecule has 0 fully saturated rings. The van der Waals surface area contributed by atoms with Crippen LogP contribution < -0.4 is 0 Å². The number of hydrogen-bond donors (Lipinski definition) is 0. The van der Waals surface area contributed by atoms with Crippen LogP contribution in [0.3, 0.4) is 0 Å². The van der Waals surface area contributed by atoms with Crippen molar-refractivity contribution in [3.8, 4) is 0 Å². The van der Waals surface area contributed by atoms with Crippen molar-refractivity contribution >= 4 is 0 Å². The zero-order chi connectivity index (χ0) is 10.2. The summed E-state index contributed by atoms with van der Waals surface area (Å²) in [5, 5.41) is 0. The highest BCUT2D eigenvalue weighted by Crippen LogP contribution is 2.26. The van der Waals surface area contributed by atoms with Gasteiger partial charge in [-0.2, -0.15) is 0 Å². The lowest BCUT2D eigenvalue weighted by molar-refractivity contribution is 0.320. The summed E-state index contributed by atoms with van der Waals surface area (Å²) in [4.78, 5) is 0. The molecule has 0 spiro atoms. The second-order valence-electron chi connectivity index (χ2n) is 4.84. The molecule has 0 heterocycles. The maximum absolute atomic E-state index is 2.48. The van der Waals surface area contributed by atoms with Gasteiger partial charge in [0.05, 0.1) is 0 Å². The first-order chi connectivity index (χ1) is 6.12. The Bertz CT molecular complexity index is 103. The van der Waals surface area contributed by atoms with Gasteiger partial charge in [0.15, 0.2) is 0 Å². The van der Waals surface area contributed by atoms with Crippen molar-refractivity contribution < 1.29 is 0 Å². The van der Waals surface area contributed by atoms with Crippen molar-refractivity contribution in [3.63, 3.8) is 0 Å². The molecule has 0 nitrogen and oxygen atoms in total. The minimum Gasteiger partial charge on any atom is -0.0654 e. The minimum atomic E-state index is 0.557. The van der Waals surface area contributed by atoms with Crippen molar-refractivity contribution in [2.45, 2.75) is 72.6 Å². The molecule has 0 saturated carbocycles. The van der Waals surface area contributed by atoms with Crippen LogP contribution in [-0.4, -0.2) is 0 Å². The predicted octanol–water partition coefficient (Wildman–Crippen LogP) is 4.99. The van der Waals surface area contributed by atoms with Gasteiger partial charge < -0.3 is 0 Å². The molecule has 0 N–H and O–H groups in total. The van der Waals surface area contributed by atoms with E-state index in [2.05, 4.69) is 34.1 Å². The summed E-state index contributed by atoms with van der Waals surface area (Å²) in [7, 11) is 0. The van der Waals surface area contributed by atoms with Crippen LogP contribution in [0.15, 0.2) is 0 Å². The first-order valence-electron chi connectivity index (χ1n) is 5.94. The summed E-state index contributed by atoms with van der Waals surface area (Å²) in [6.07, 6.45) is 11.9. The smallest absolute Gasteiger partial charge is 0.0357 e. The SMILES string of the molecule is CCCCC[CH]CCC(C)(C)CC. The average Bonchev–Trinajstić information content (AvgIpc) is 2.11. The third-order valence-electron chi connectivity index (χ3n) is 2.99. The highest BCUT2D eigenvalue weighted by molar-refractivity contribution is 4.72. The van der Waals surface area contributed by atoms with Gasteiger partial charge in [0.2, 0.25) is 0 Å². The van der Waals surface area contributed by atoms with E-state index in [0.717, 1.165) is 0 Å². The van der Waals surface area contributed by atoms with E-state index in [1.54, 1.807) is 0 Å². The first-order valence-corrected chi connectivity index (χ1v) is 5.94. The Morgan fingerprint density at radius 2 is 1.69 bits per heavy atom. The van der Waals surface area contributed by atoms with E-state index in [4.69, 9.17) is 0 Å². The molecule has 0 saturated heterocycles. The van der Waals surface area contributed by atoms with Crippen molar-refractivity contribution in [1.29, 1.82) is 0 Å². The maximum atomic E-state index is 2.48. The second-order valence-corrected chi connectivity index (χ2v) is 4.84. The summed E-state index contributed by atoms with van der Waals surface area (Å²) >= 11 is 0. The molecule has 79 valence electrons. The molecule has 0 aliphatic rings. The van der Waals surface area contributed by atoms with Crippen molar-refractivity contribution in [1.82, 2.24) is 0 Å². The van der Waals surface area contributed by atoms with Gasteiger partial charge in [0.25, 0.3) is 0 Å². The highest BCUT2D eigenvalue weighted by Gasteiger charge is 2.13. The van der Waals surface area contributed by atoms with Gasteiger partial charge in [-0.1, -0.05) is 59.8 Å². The van der Waals surface area contributed by atoms with Crippen LogP contribution in [0.25, 0.3) is 0 Å². The molecule has 0 aromatic carbocycles. The zero-order valence-corrected chi connectivity index (χ0v) is 10.0. The van der Waals surface area contributed by atoms with Gasteiger partial charge in [-0.3, -0.25) is 0 Å². The Balaban J connectivity index is 3.16. The molecule has 0 heteroatoms. The van der Waals surface area contributed by atoms with Crippen LogP contribution in [0.5, 0.6) is 0 Å². The van der Waals surface area contributed by atoms with Gasteiger partial charge in [-0.25, -0.2) is 0 Å². The van der Waals surface area contributed by atoms with Crippen LogP contribution >= 0.6 is 0 Å². The van der Waals surface area contributed by atoms with Gasteiger partial charge in [-0.15, -0.1) is 0 Å². The topological polar surface area (TPSA) is 0 Å².